The molecule has 2 atom stereocenters. The van der Waals surface area contributed by atoms with Crippen LogP contribution in [0.4, 0.5) is 0 Å². The van der Waals surface area contributed by atoms with Gasteiger partial charge in [0.1, 0.15) is 6.04 Å². The average Bonchev–Trinajstić information content (AvgIpc) is 2.50. The molecule has 5 nitrogen and oxygen atoms in total. The van der Waals surface area contributed by atoms with Crippen molar-refractivity contribution in [3.8, 4) is 0 Å². The minimum Gasteiger partial charge on any atom is -0.483 e. The van der Waals surface area contributed by atoms with E-state index in [1.54, 1.807) is 6.08 Å². The number of aliphatic imine (C=N–C) groups is 2. The van der Waals surface area contributed by atoms with Gasteiger partial charge in [0.25, 0.3) is 0 Å². The van der Waals surface area contributed by atoms with Gasteiger partial charge in [-0.05, 0) is 24.8 Å². The Hall–Kier alpha value is -1.91. The molecular weight excluding hydrogens is 268 g/mol. The van der Waals surface area contributed by atoms with Crippen LogP contribution in [0.3, 0.4) is 0 Å². The molecule has 1 rings (SSSR count). The summed E-state index contributed by atoms with van der Waals surface area (Å²) >= 11 is 0. The van der Waals surface area contributed by atoms with Gasteiger partial charge >= 0.3 is 0 Å². The molecule has 0 aromatic rings. The minimum absolute atomic E-state index is 0.185. The Balaban J connectivity index is 3.41. The van der Waals surface area contributed by atoms with Crippen molar-refractivity contribution in [2.24, 2.45) is 15.9 Å². The molecule has 0 aromatic carbocycles. The van der Waals surface area contributed by atoms with Crippen LogP contribution in [-0.4, -0.2) is 43.4 Å². The maximum atomic E-state index is 12.4. The molecule has 0 N–H and O–H groups in total. The molecule has 21 heavy (non-hydrogen) atoms. The molecule has 5 heteroatoms. The van der Waals surface area contributed by atoms with E-state index in [2.05, 4.69) is 23.1 Å². The molecule has 1 heterocycles. The number of carbonyl (C=O) groups excluding carboxylic acids is 1. The monoisotopic (exact) mass is 292 g/mol. The van der Waals surface area contributed by atoms with Crippen LogP contribution in [0.2, 0.25) is 0 Å². The Morgan fingerprint density at radius 1 is 1.38 bits per heavy atom. The fraction of sp³-hybridized carbons (Fsp3) is 0.562. The number of methoxy groups -OCH3 is 2. The highest BCUT2D eigenvalue weighted by molar-refractivity contribution is 6.18. The average molecular weight is 292 g/mol. The zero-order valence-electron chi connectivity index (χ0n) is 13.3. The Morgan fingerprint density at radius 3 is 2.48 bits per heavy atom. The minimum atomic E-state index is -1.19. The fourth-order valence-corrected chi connectivity index (χ4v) is 2.34. The number of ketones is 1. The van der Waals surface area contributed by atoms with Crippen LogP contribution in [0.5, 0.6) is 0 Å². The number of hydrogen-bond donors (Lipinski definition) is 0. The van der Waals surface area contributed by atoms with Crippen molar-refractivity contribution in [1.82, 2.24) is 0 Å². The first-order valence-corrected chi connectivity index (χ1v) is 7.00. The molecule has 116 valence electrons. The molecule has 0 spiro atoms. The van der Waals surface area contributed by atoms with E-state index in [0.29, 0.717) is 24.6 Å². The van der Waals surface area contributed by atoms with Crippen molar-refractivity contribution in [3.05, 3.63) is 25.3 Å². The van der Waals surface area contributed by atoms with E-state index in [-0.39, 0.29) is 17.7 Å². The van der Waals surface area contributed by atoms with E-state index in [4.69, 9.17) is 9.47 Å². The van der Waals surface area contributed by atoms with E-state index in [9.17, 15) is 4.79 Å². The Bertz CT molecular complexity index is 480. The molecule has 0 aliphatic carbocycles. The second-order valence-corrected chi connectivity index (χ2v) is 5.24. The van der Waals surface area contributed by atoms with Gasteiger partial charge in [-0.25, -0.2) is 9.98 Å². The van der Waals surface area contributed by atoms with Crippen LogP contribution < -0.4 is 0 Å². The van der Waals surface area contributed by atoms with Gasteiger partial charge in [0.2, 0.25) is 17.3 Å². The van der Waals surface area contributed by atoms with Gasteiger partial charge in [0.15, 0.2) is 5.78 Å². The lowest BCUT2D eigenvalue weighted by molar-refractivity contribution is -0.117. The summed E-state index contributed by atoms with van der Waals surface area (Å²) in [6.45, 7) is 11.3. The Morgan fingerprint density at radius 2 is 2.05 bits per heavy atom. The summed E-state index contributed by atoms with van der Waals surface area (Å²) < 4.78 is 10.7. The summed E-state index contributed by atoms with van der Waals surface area (Å²) in [5, 5.41) is 0. The topological polar surface area (TPSA) is 60.2 Å². The van der Waals surface area contributed by atoms with Gasteiger partial charge in [-0.3, -0.25) is 4.79 Å². The number of nitrogens with zero attached hydrogens (tertiary/aromatic N) is 2. The highest BCUT2D eigenvalue weighted by Crippen LogP contribution is 2.30. The van der Waals surface area contributed by atoms with Crippen LogP contribution in [0, 0.1) is 5.92 Å². The molecular formula is C16H24N2O3. The van der Waals surface area contributed by atoms with Crippen LogP contribution in [0.1, 0.15) is 26.7 Å². The first kappa shape index (κ1) is 17.1. The summed E-state index contributed by atoms with van der Waals surface area (Å²) in [6.07, 6.45) is 4.02. The maximum absolute atomic E-state index is 12.4. The third-order valence-electron chi connectivity index (χ3n) is 3.50. The standard InChI is InChI=1S/C16H24N2O3/c1-7-9-10-16(12(19)8-2)15(21-6)17-13(11(3)4)14(18-16)20-5/h7-8,11,13H,1-2,9-10H2,3-6H3/t13-,16+/m1/s1. The quantitative estimate of drug-likeness (QED) is 0.558. The highest BCUT2D eigenvalue weighted by Gasteiger charge is 2.47. The predicted octanol–water partition coefficient (Wildman–Crippen LogP) is 2.57. The summed E-state index contributed by atoms with van der Waals surface area (Å²) in [5.74, 6) is 0.700. The largest absolute Gasteiger partial charge is 0.483 e. The van der Waals surface area contributed by atoms with Crippen LogP contribution in [-0.2, 0) is 14.3 Å². The normalized spacial score (nSPS) is 24.9. The first-order chi connectivity index (χ1) is 9.96. The van der Waals surface area contributed by atoms with Gasteiger partial charge in [-0.2, -0.15) is 0 Å². The fourth-order valence-electron chi connectivity index (χ4n) is 2.34. The molecule has 1 aliphatic heterocycles. The molecule has 0 fully saturated rings. The lowest BCUT2D eigenvalue weighted by atomic mass is 9.86. The lowest BCUT2D eigenvalue weighted by Gasteiger charge is -2.34. The zero-order chi connectivity index (χ0) is 16.0. The molecule has 0 aromatic heterocycles. The van der Waals surface area contributed by atoms with Gasteiger partial charge < -0.3 is 9.47 Å². The van der Waals surface area contributed by atoms with E-state index in [1.165, 1.54) is 20.3 Å². The number of rotatable bonds is 6. The predicted molar refractivity (Wildman–Crippen MR) is 84.9 cm³/mol. The molecule has 1 aliphatic rings. The molecule has 0 amide bonds. The van der Waals surface area contributed by atoms with Crippen molar-refractivity contribution < 1.29 is 14.3 Å². The van der Waals surface area contributed by atoms with Gasteiger partial charge in [0, 0.05) is 0 Å². The SMILES string of the molecule is C=CCC[C@@]1(C(=O)C=C)N=C(OC)[C@@H](C(C)C)N=C1OC. The summed E-state index contributed by atoms with van der Waals surface area (Å²) in [7, 11) is 3.04. The number of ether oxygens (including phenoxy) is 2. The summed E-state index contributed by atoms with van der Waals surface area (Å²) in [5.41, 5.74) is -1.19. The smallest absolute Gasteiger partial charge is 0.221 e. The third-order valence-corrected chi connectivity index (χ3v) is 3.50. The van der Waals surface area contributed by atoms with E-state index in [1.807, 2.05) is 13.8 Å². The highest BCUT2D eigenvalue weighted by atomic mass is 16.5. The van der Waals surface area contributed by atoms with Crippen LogP contribution in [0.15, 0.2) is 35.3 Å². The number of allylic oxidation sites excluding steroid dienone is 1. The van der Waals surface area contributed by atoms with Crippen LogP contribution in [0.25, 0.3) is 0 Å². The molecule has 0 radical (unpaired) electrons. The Kier molecular flexibility index (Phi) is 5.88. The third kappa shape index (κ3) is 3.23. The molecule has 0 saturated heterocycles. The van der Waals surface area contributed by atoms with Crippen molar-refractivity contribution >= 4 is 17.6 Å². The molecule has 0 saturated carbocycles. The van der Waals surface area contributed by atoms with Crippen molar-refractivity contribution in [1.29, 1.82) is 0 Å². The van der Waals surface area contributed by atoms with Crippen molar-refractivity contribution in [2.75, 3.05) is 14.2 Å². The second kappa shape index (κ2) is 7.20. The Labute approximate surface area is 126 Å². The van der Waals surface area contributed by atoms with Crippen molar-refractivity contribution in [2.45, 2.75) is 38.3 Å². The zero-order valence-corrected chi connectivity index (χ0v) is 13.3. The van der Waals surface area contributed by atoms with E-state index >= 15 is 0 Å². The first-order valence-electron chi connectivity index (χ1n) is 7.00. The van der Waals surface area contributed by atoms with Gasteiger partial charge in [0.05, 0.1) is 14.2 Å². The lowest BCUT2D eigenvalue weighted by Crippen LogP contribution is -2.51. The van der Waals surface area contributed by atoms with Crippen molar-refractivity contribution in [3.63, 3.8) is 0 Å². The summed E-state index contributed by atoms with van der Waals surface area (Å²) in [4.78, 5) is 21.6. The molecule has 0 unspecified atom stereocenters. The maximum Gasteiger partial charge on any atom is 0.221 e. The van der Waals surface area contributed by atoms with Gasteiger partial charge in [-0.15, -0.1) is 6.58 Å². The molecule has 0 bridgehead atoms. The van der Waals surface area contributed by atoms with Crippen LogP contribution >= 0.6 is 0 Å². The number of hydrogen-bond acceptors (Lipinski definition) is 5. The second-order valence-electron chi connectivity index (χ2n) is 5.24. The van der Waals surface area contributed by atoms with E-state index in [0.717, 1.165) is 0 Å². The van der Waals surface area contributed by atoms with Gasteiger partial charge in [-0.1, -0.05) is 26.5 Å². The summed E-state index contributed by atoms with van der Waals surface area (Å²) in [6, 6.07) is -0.251. The number of carbonyl (C=O) groups is 1. The van der Waals surface area contributed by atoms with E-state index < -0.39 is 5.54 Å².